The summed E-state index contributed by atoms with van der Waals surface area (Å²) in [6.07, 6.45) is 4.56. The molecule has 0 unspecified atom stereocenters. The van der Waals surface area contributed by atoms with Crippen LogP contribution in [0.25, 0.3) is 0 Å². The minimum absolute atomic E-state index is 0.118. The molecular formula is C15H23N3O6S2. The van der Waals surface area contributed by atoms with E-state index in [4.69, 9.17) is 0 Å². The van der Waals surface area contributed by atoms with Crippen molar-refractivity contribution in [3.63, 3.8) is 0 Å². The summed E-state index contributed by atoms with van der Waals surface area (Å²) < 4.78 is 54.2. The summed E-state index contributed by atoms with van der Waals surface area (Å²) in [7, 11) is -7.90. The molecule has 0 amide bonds. The first-order chi connectivity index (χ1) is 12.1. The van der Waals surface area contributed by atoms with Gasteiger partial charge in [-0.15, -0.1) is 0 Å². The minimum atomic E-state index is -4.22. The molecule has 9 nitrogen and oxygen atoms in total. The number of para-hydroxylation sites is 1. The Morgan fingerprint density at radius 1 is 1.15 bits per heavy atom. The lowest BCUT2D eigenvalue weighted by Gasteiger charge is -2.23. The van der Waals surface area contributed by atoms with Gasteiger partial charge in [-0.3, -0.25) is 10.1 Å². The number of rotatable bonds is 8. The van der Waals surface area contributed by atoms with Crippen molar-refractivity contribution < 1.29 is 21.8 Å². The monoisotopic (exact) mass is 405 g/mol. The Hall–Kier alpha value is -1.56. The smallest absolute Gasteiger partial charge is 0.258 e. The molecule has 1 aliphatic rings. The molecule has 0 aliphatic heterocycles. The maximum atomic E-state index is 12.4. The third-order valence-corrected chi connectivity index (χ3v) is 7.40. The van der Waals surface area contributed by atoms with E-state index in [-0.39, 0.29) is 6.04 Å². The maximum Gasteiger partial charge on any atom is 0.289 e. The molecule has 2 rings (SSSR count). The lowest BCUT2D eigenvalue weighted by molar-refractivity contribution is -0.387. The predicted molar refractivity (Wildman–Crippen MR) is 96.7 cm³/mol. The molecule has 1 saturated carbocycles. The van der Waals surface area contributed by atoms with E-state index in [0.717, 1.165) is 44.2 Å². The van der Waals surface area contributed by atoms with Crippen LogP contribution in [0.3, 0.4) is 0 Å². The molecular weight excluding hydrogens is 382 g/mol. The first kappa shape index (κ1) is 20.7. The van der Waals surface area contributed by atoms with Crippen LogP contribution in [0.1, 0.15) is 39.0 Å². The molecule has 146 valence electrons. The van der Waals surface area contributed by atoms with Crippen molar-refractivity contribution in [1.29, 1.82) is 0 Å². The van der Waals surface area contributed by atoms with Gasteiger partial charge in [-0.2, -0.15) is 0 Å². The standard InChI is InChI=1S/C15H23N3O6S2/c1-12(11-25(21,22)17-13-7-3-2-4-8-13)16-26(23,24)15-10-6-5-9-14(15)18(19)20/h5-6,9-10,12-13,16-17H,2-4,7-8,11H2,1H3/t12-/m0/s1. The van der Waals surface area contributed by atoms with E-state index >= 15 is 0 Å². The molecule has 1 atom stereocenters. The van der Waals surface area contributed by atoms with Crippen molar-refractivity contribution in [2.24, 2.45) is 0 Å². The van der Waals surface area contributed by atoms with Crippen LogP contribution in [-0.2, 0) is 20.0 Å². The molecule has 0 spiro atoms. The molecule has 26 heavy (non-hydrogen) atoms. The quantitative estimate of drug-likeness (QED) is 0.497. The van der Waals surface area contributed by atoms with Crippen molar-refractivity contribution in [2.45, 2.75) is 56.0 Å². The summed E-state index contributed by atoms with van der Waals surface area (Å²) in [5, 5.41) is 11.0. The van der Waals surface area contributed by atoms with Crippen LogP contribution in [-0.4, -0.2) is 39.6 Å². The summed E-state index contributed by atoms with van der Waals surface area (Å²) in [5.74, 6) is -0.441. The highest BCUT2D eigenvalue weighted by atomic mass is 32.2. The Balaban J connectivity index is 2.06. The second-order valence-corrected chi connectivity index (χ2v) is 9.96. The summed E-state index contributed by atoms with van der Waals surface area (Å²) >= 11 is 0. The molecule has 0 radical (unpaired) electrons. The van der Waals surface area contributed by atoms with E-state index in [1.54, 1.807) is 0 Å². The van der Waals surface area contributed by atoms with Crippen LogP contribution in [0.2, 0.25) is 0 Å². The van der Waals surface area contributed by atoms with Crippen molar-refractivity contribution in [3.8, 4) is 0 Å². The van der Waals surface area contributed by atoms with Gasteiger partial charge in [0.25, 0.3) is 5.69 Å². The zero-order valence-corrected chi connectivity index (χ0v) is 16.1. The van der Waals surface area contributed by atoms with Gasteiger partial charge in [0, 0.05) is 18.2 Å². The van der Waals surface area contributed by atoms with Crippen molar-refractivity contribution in [3.05, 3.63) is 34.4 Å². The molecule has 0 saturated heterocycles. The number of nitro groups is 1. The van der Waals surface area contributed by atoms with Gasteiger partial charge in [0.2, 0.25) is 20.0 Å². The average molecular weight is 405 g/mol. The van der Waals surface area contributed by atoms with Gasteiger partial charge in [0.1, 0.15) is 0 Å². The fourth-order valence-electron chi connectivity index (χ4n) is 3.05. The zero-order valence-electron chi connectivity index (χ0n) is 14.4. The van der Waals surface area contributed by atoms with Crippen molar-refractivity contribution >= 4 is 25.7 Å². The Labute approximate surface area is 153 Å². The molecule has 0 bridgehead atoms. The molecule has 0 heterocycles. The molecule has 1 aromatic rings. The van der Waals surface area contributed by atoms with Gasteiger partial charge in [0.05, 0.1) is 10.7 Å². The molecule has 1 aromatic carbocycles. The third kappa shape index (κ3) is 5.73. The number of hydrogen-bond donors (Lipinski definition) is 2. The first-order valence-corrected chi connectivity index (χ1v) is 11.5. The Bertz CT molecular complexity index is 848. The fourth-order valence-corrected chi connectivity index (χ4v) is 6.15. The van der Waals surface area contributed by atoms with E-state index < -0.39 is 47.3 Å². The molecule has 1 aliphatic carbocycles. The third-order valence-electron chi connectivity index (χ3n) is 4.13. The summed E-state index contributed by atoms with van der Waals surface area (Å²) in [6, 6.07) is 3.86. The average Bonchev–Trinajstić information content (AvgIpc) is 2.54. The van der Waals surface area contributed by atoms with Crippen LogP contribution in [0.15, 0.2) is 29.2 Å². The maximum absolute atomic E-state index is 12.4. The molecule has 0 aromatic heterocycles. The molecule has 11 heteroatoms. The van der Waals surface area contributed by atoms with E-state index in [0.29, 0.717) is 0 Å². The van der Waals surface area contributed by atoms with Gasteiger partial charge < -0.3 is 0 Å². The Morgan fingerprint density at radius 2 is 1.77 bits per heavy atom. The van der Waals surface area contributed by atoms with Gasteiger partial charge >= 0.3 is 0 Å². The number of nitrogens with one attached hydrogen (secondary N) is 2. The second kappa shape index (κ2) is 8.42. The topological polar surface area (TPSA) is 135 Å². The van der Waals surface area contributed by atoms with E-state index in [2.05, 4.69) is 9.44 Å². The Morgan fingerprint density at radius 3 is 2.38 bits per heavy atom. The number of nitro benzene ring substituents is 1. The van der Waals surface area contributed by atoms with Gasteiger partial charge in [-0.05, 0) is 25.8 Å². The Kier molecular flexibility index (Phi) is 6.72. The number of hydrogen-bond acceptors (Lipinski definition) is 6. The van der Waals surface area contributed by atoms with Gasteiger partial charge in [0.15, 0.2) is 4.90 Å². The molecule has 1 fully saturated rings. The van der Waals surface area contributed by atoms with Crippen LogP contribution in [0.4, 0.5) is 5.69 Å². The van der Waals surface area contributed by atoms with Crippen molar-refractivity contribution in [1.82, 2.24) is 9.44 Å². The highest BCUT2D eigenvalue weighted by molar-refractivity contribution is 7.90. The highest BCUT2D eigenvalue weighted by Gasteiger charge is 2.29. The largest absolute Gasteiger partial charge is 0.289 e. The van der Waals surface area contributed by atoms with E-state index in [1.807, 2.05) is 0 Å². The minimum Gasteiger partial charge on any atom is -0.258 e. The van der Waals surface area contributed by atoms with Crippen LogP contribution < -0.4 is 9.44 Å². The van der Waals surface area contributed by atoms with Gasteiger partial charge in [-0.1, -0.05) is 31.4 Å². The number of benzene rings is 1. The van der Waals surface area contributed by atoms with Gasteiger partial charge in [-0.25, -0.2) is 26.3 Å². The van der Waals surface area contributed by atoms with E-state index in [9.17, 15) is 26.9 Å². The van der Waals surface area contributed by atoms with E-state index in [1.165, 1.54) is 19.1 Å². The number of nitrogens with zero attached hydrogens (tertiary/aromatic N) is 1. The van der Waals surface area contributed by atoms with Crippen molar-refractivity contribution in [2.75, 3.05) is 5.75 Å². The predicted octanol–water partition coefficient (Wildman–Crippen LogP) is 1.51. The summed E-state index contributed by atoms with van der Waals surface area (Å²) in [5.41, 5.74) is -0.560. The van der Waals surface area contributed by atoms with Crippen LogP contribution >= 0.6 is 0 Å². The summed E-state index contributed by atoms with van der Waals surface area (Å²) in [4.78, 5) is 9.73. The highest BCUT2D eigenvalue weighted by Crippen LogP contribution is 2.23. The lowest BCUT2D eigenvalue weighted by Crippen LogP contribution is -2.44. The normalized spacial score (nSPS) is 17.7. The lowest BCUT2D eigenvalue weighted by atomic mass is 9.96. The van der Waals surface area contributed by atoms with Crippen LogP contribution in [0.5, 0.6) is 0 Å². The number of sulfonamides is 2. The SMILES string of the molecule is C[C@@H](CS(=O)(=O)NC1CCCCC1)NS(=O)(=O)c1ccccc1[N+](=O)[O-]. The zero-order chi connectivity index (χ0) is 19.4. The first-order valence-electron chi connectivity index (χ1n) is 8.36. The fraction of sp³-hybridized carbons (Fsp3) is 0.600. The molecule has 2 N–H and O–H groups in total. The summed E-state index contributed by atoms with van der Waals surface area (Å²) in [6.45, 7) is 1.41. The second-order valence-electron chi connectivity index (χ2n) is 6.48. The van der Waals surface area contributed by atoms with Crippen LogP contribution in [0, 0.1) is 10.1 Å².